The second-order valence-corrected chi connectivity index (χ2v) is 14.2. The molecule has 0 rings (SSSR count). The number of aliphatic hydroxyl groups is 1. The van der Waals surface area contributed by atoms with Crippen LogP contribution in [0.5, 0.6) is 0 Å². The highest BCUT2D eigenvalue weighted by Crippen LogP contribution is 2.14. The molecule has 0 aromatic carbocycles. The summed E-state index contributed by atoms with van der Waals surface area (Å²) in [5.74, 6) is 0.425. The highest BCUT2D eigenvalue weighted by Gasteiger charge is 2.13. The van der Waals surface area contributed by atoms with Gasteiger partial charge in [0.15, 0.2) is 0 Å². The second kappa shape index (κ2) is 37.8. The van der Waals surface area contributed by atoms with Crippen LogP contribution in [0.1, 0.15) is 220 Å². The van der Waals surface area contributed by atoms with E-state index in [1.165, 1.54) is 193 Å². The molecule has 0 aliphatic rings. The molecule has 1 N–H and O–H groups in total. The first-order valence-electron chi connectivity index (χ1n) is 20.8. The molecule has 0 aromatic rings. The van der Waals surface area contributed by atoms with Crippen LogP contribution in [-0.2, 0) is 4.79 Å². The molecule has 0 unspecified atom stereocenters. The van der Waals surface area contributed by atoms with E-state index in [1.807, 2.05) is 0 Å². The molecule has 0 spiro atoms. The maximum atomic E-state index is 13.2. The molecule has 270 valence electrons. The van der Waals surface area contributed by atoms with Crippen LogP contribution in [0, 0.1) is 0 Å². The first-order chi connectivity index (χ1) is 22.2. The van der Waals surface area contributed by atoms with Gasteiger partial charge in [0.05, 0.1) is 0 Å². The predicted molar refractivity (Wildman–Crippen MR) is 200 cm³/mol. The Balaban J connectivity index is 4.31. The summed E-state index contributed by atoms with van der Waals surface area (Å²) < 4.78 is 0. The summed E-state index contributed by atoms with van der Waals surface area (Å²) >= 11 is 0. The number of carbonyl (C=O) groups excluding carboxylic acids is 1. The maximum Gasteiger partial charge on any atom is 0.222 e. The van der Waals surface area contributed by atoms with Gasteiger partial charge in [-0.05, 0) is 71.0 Å². The number of aliphatic hydroxyl groups excluding tert-OH is 1. The Bertz CT molecular complexity index is 550. The lowest BCUT2D eigenvalue weighted by Crippen LogP contribution is -2.32. The lowest BCUT2D eigenvalue weighted by atomic mass is 10.1. The molecule has 0 aliphatic heterocycles. The number of rotatable bonds is 38. The van der Waals surface area contributed by atoms with Gasteiger partial charge in [-0.2, -0.15) is 0 Å². The Morgan fingerprint density at radius 1 is 0.378 bits per heavy atom. The van der Waals surface area contributed by atoms with Crippen LogP contribution in [0.15, 0.2) is 0 Å². The molecule has 0 radical (unpaired) electrons. The molecule has 0 saturated heterocycles. The fourth-order valence-electron chi connectivity index (χ4n) is 6.61. The molecule has 0 saturated carbocycles. The number of amides is 1. The fourth-order valence-corrected chi connectivity index (χ4v) is 6.61. The Labute approximate surface area is 284 Å². The van der Waals surface area contributed by atoms with E-state index in [1.54, 1.807) is 0 Å². The van der Waals surface area contributed by atoms with Crippen LogP contribution >= 0.6 is 0 Å². The summed E-state index contributed by atoms with van der Waals surface area (Å²) in [5, 5.41) is 9.12. The minimum absolute atomic E-state index is 0.329. The monoisotopic (exact) mass is 637 g/mol. The third-order valence-electron chi connectivity index (χ3n) is 9.74. The van der Waals surface area contributed by atoms with Gasteiger partial charge in [0.2, 0.25) is 5.91 Å². The van der Waals surface area contributed by atoms with E-state index in [-0.39, 0.29) is 0 Å². The van der Waals surface area contributed by atoms with E-state index in [0.717, 1.165) is 38.8 Å². The quantitative estimate of drug-likeness (QED) is 0.0686. The standard InChI is InChI=1S/C41H84N2O2/c1-4-7-10-13-16-18-24-31-38-43(39-32-25-19-17-14-11-8-5-2)41(45)34-27-21-20-23-29-36-42(37-30-26-33-40-44)35-28-22-15-12-9-6-3/h44H,4-40H2,1-3H3. The van der Waals surface area contributed by atoms with Crippen molar-refractivity contribution in [3.8, 4) is 0 Å². The van der Waals surface area contributed by atoms with E-state index in [2.05, 4.69) is 30.6 Å². The third-order valence-corrected chi connectivity index (χ3v) is 9.74. The van der Waals surface area contributed by atoms with Gasteiger partial charge >= 0.3 is 0 Å². The number of hydrogen-bond acceptors (Lipinski definition) is 3. The van der Waals surface area contributed by atoms with Crippen molar-refractivity contribution in [2.75, 3.05) is 39.3 Å². The molecule has 0 fully saturated rings. The van der Waals surface area contributed by atoms with Crippen LogP contribution in [0.4, 0.5) is 0 Å². The van der Waals surface area contributed by atoms with Crippen LogP contribution in [0.3, 0.4) is 0 Å². The van der Waals surface area contributed by atoms with Gasteiger partial charge in [-0.1, -0.05) is 162 Å². The van der Waals surface area contributed by atoms with E-state index in [0.29, 0.717) is 12.5 Å². The van der Waals surface area contributed by atoms with Crippen LogP contribution in [0.2, 0.25) is 0 Å². The Kier molecular flexibility index (Phi) is 37.3. The van der Waals surface area contributed by atoms with Gasteiger partial charge in [-0.15, -0.1) is 0 Å². The van der Waals surface area contributed by atoms with Crippen LogP contribution < -0.4 is 0 Å². The van der Waals surface area contributed by atoms with E-state index >= 15 is 0 Å². The lowest BCUT2D eigenvalue weighted by Gasteiger charge is -2.23. The average Bonchev–Trinajstić information content (AvgIpc) is 3.05. The zero-order chi connectivity index (χ0) is 32.9. The van der Waals surface area contributed by atoms with E-state index in [9.17, 15) is 4.79 Å². The van der Waals surface area contributed by atoms with Crippen molar-refractivity contribution in [1.29, 1.82) is 0 Å². The molecule has 4 nitrogen and oxygen atoms in total. The number of hydrogen-bond donors (Lipinski definition) is 1. The minimum Gasteiger partial charge on any atom is -0.396 e. The topological polar surface area (TPSA) is 43.8 Å². The zero-order valence-corrected chi connectivity index (χ0v) is 31.4. The summed E-state index contributed by atoms with van der Waals surface area (Å²) in [6.45, 7) is 12.8. The molecular weight excluding hydrogens is 552 g/mol. The van der Waals surface area contributed by atoms with Crippen molar-refractivity contribution in [2.45, 2.75) is 220 Å². The largest absolute Gasteiger partial charge is 0.396 e. The van der Waals surface area contributed by atoms with Crippen LogP contribution in [0.25, 0.3) is 0 Å². The average molecular weight is 637 g/mol. The van der Waals surface area contributed by atoms with Crippen molar-refractivity contribution in [1.82, 2.24) is 9.80 Å². The summed E-state index contributed by atoms with van der Waals surface area (Å²) in [5.41, 5.74) is 0. The normalized spacial score (nSPS) is 11.6. The van der Waals surface area contributed by atoms with Gasteiger partial charge in [-0.25, -0.2) is 0 Å². The van der Waals surface area contributed by atoms with E-state index < -0.39 is 0 Å². The van der Waals surface area contributed by atoms with Crippen LogP contribution in [-0.4, -0.2) is 60.1 Å². The van der Waals surface area contributed by atoms with Crippen molar-refractivity contribution < 1.29 is 9.90 Å². The van der Waals surface area contributed by atoms with Crippen molar-refractivity contribution in [3.05, 3.63) is 0 Å². The lowest BCUT2D eigenvalue weighted by molar-refractivity contribution is -0.131. The number of nitrogens with zero attached hydrogens (tertiary/aromatic N) is 2. The third kappa shape index (κ3) is 33.1. The van der Waals surface area contributed by atoms with Crippen molar-refractivity contribution in [2.24, 2.45) is 0 Å². The van der Waals surface area contributed by atoms with Gasteiger partial charge in [0.1, 0.15) is 0 Å². The Morgan fingerprint density at radius 3 is 1.02 bits per heavy atom. The summed E-state index contributed by atoms with van der Waals surface area (Å²) in [6, 6.07) is 0. The van der Waals surface area contributed by atoms with Gasteiger partial charge in [0.25, 0.3) is 0 Å². The number of carbonyl (C=O) groups is 1. The number of unbranched alkanes of at least 4 members (excludes halogenated alkanes) is 25. The Morgan fingerprint density at radius 2 is 0.667 bits per heavy atom. The first-order valence-corrected chi connectivity index (χ1v) is 20.8. The Hall–Kier alpha value is -0.610. The molecule has 0 aliphatic carbocycles. The van der Waals surface area contributed by atoms with Crippen molar-refractivity contribution in [3.63, 3.8) is 0 Å². The predicted octanol–water partition coefficient (Wildman–Crippen LogP) is 12.3. The molecule has 0 bridgehead atoms. The summed E-state index contributed by atoms with van der Waals surface area (Å²) in [4.78, 5) is 18.2. The molecule has 0 atom stereocenters. The fraction of sp³-hybridized carbons (Fsp3) is 0.976. The molecule has 0 heterocycles. The molecule has 1 amide bonds. The highest BCUT2D eigenvalue weighted by atomic mass is 16.2. The zero-order valence-electron chi connectivity index (χ0n) is 31.4. The van der Waals surface area contributed by atoms with E-state index in [4.69, 9.17) is 5.11 Å². The van der Waals surface area contributed by atoms with Gasteiger partial charge in [-0.3, -0.25) is 4.79 Å². The smallest absolute Gasteiger partial charge is 0.222 e. The molecule has 4 heteroatoms. The summed E-state index contributed by atoms with van der Waals surface area (Å²) in [6.07, 6.45) is 39.6. The molecule has 45 heavy (non-hydrogen) atoms. The highest BCUT2D eigenvalue weighted by molar-refractivity contribution is 5.76. The van der Waals surface area contributed by atoms with Crippen molar-refractivity contribution >= 4 is 5.91 Å². The molecule has 0 aromatic heterocycles. The second-order valence-electron chi connectivity index (χ2n) is 14.2. The first kappa shape index (κ1) is 44.4. The van der Waals surface area contributed by atoms with Gasteiger partial charge < -0.3 is 14.9 Å². The SMILES string of the molecule is CCCCCCCCCCN(CCCCCCCCCC)C(=O)CCCCCCCN(CCCCCO)CCCCCCCC. The maximum absolute atomic E-state index is 13.2. The summed E-state index contributed by atoms with van der Waals surface area (Å²) in [7, 11) is 0. The minimum atomic E-state index is 0.329. The molecular formula is C41H84N2O2. The van der Waals surface area contributed by atoms with Gasteiger partial charge in [0, 0.05) is 26.1 Å².